The number of amides is 4. The molecule has 96 valence electrons. The highest BCUT2D eigenvalue weighted by atomic mass is 16.2. The maximum atomic E-state index is 11.7. The van der Waals surface area contributed by atoms with Crippen molar-refractivity contribution >= 4 is 23.6 Å². The standard InChI is InChI=1S/C12H14N2O4/c15-9-5-1-6(10(16)13-9)4-8-2-7(3-5)11(17)14-12(8)18/h5-8H,1-4H2,(H,13,15,16)(H,14,17,18). The van der Waals surface area contributed by atoms with Gasteiger partial charge in [0.1, 0.15) is 0 Å². The van der Waals surface area contributed by atoms with Crippen LogP contribution >= 0.6 is 0 Å². The Morgan fingerprint density at radius 2 is 0.778 bits per heavy atom. The van der Waals surface area contributed by atoms with Gasteiger partial charge in [-0.1, -0.05) is 0 Å². The van der Waals surface area contributed by atoms with Crippen LogP contribution in [0.15, 0.2) is 0 Å². The van der Waals surface area contributed by atoms with Gasteiger partial charge in [0.05, 0.1) is 0 Å². The van der Waals surface area contributed by atoms with Crippen LogP contribution < -0.4 is 10.6 Å². The van der Waals surface area contributed by atoms with Crippen molar-refractivity contribution in [1.29, 1.82) is 0 Å². The molecule has 0 atom stereocenters. The first kappa shape index (κ1) is 11.4. The number of imide groups is 2. The Balaban J connectivity index is 1.90. The fourth-order valence-electron chi connectivity index (χ4n) is 3.27. The molecule has 0 radical (unpaired) electrons. The number of piperidine rings is 2. The van der Waals surface area contributed by atoms with E-state index in [0.717, 1.165) is 0 Å². The molecule has 4 amide bonds. The van der Waals surface area contributed by atoms with Gasteiger partial charge in [-0.05, 0) is 25.7 Å². The van der Waals surface area contributed by atoms with Crippen LogP contribution in [0.2, 0.25) is 0 Å². The predicted molar refractivity (Wildman–Crippen MR) is 58.7 cm³/mol. The zero-order valence-corrected chi connectivity index (χ0v) is 9.77. The van der Waals surface area contributed by atoms with E-state index in [1.165, 1.54) is 0 Å². The van der Waals surface area contributed by atoms with E-state index in [1.54, 1.807) is 0 Å². The van der Waals surface area contributed by atoms with Crippen molar-refractivity contribution in [2.24, 2.45) is 23.7 Å². The maximum absolute atomic E-state index is 11.7. The van der Waals surface area contributed by atoms with Gasteiger partial charge in [0.2, 0.25) is 23.6 Å². The molecule has 0 aromatic carbocycles. The van der Waals surface area contributed by atoms with E-state index in [0.29, 0.717) is 25.7 Å². The summed E-state index contributed by atoms with van der Waals surface area (Å²) in [6.07, 6.45) is 1.81. The zero-order valence-electron chi connectivity index (χ0n) is 9.77. The van der Waals surface area contributed by atoms with Crippen LogP contribution in [0.25, 0.3) is 0 Å². The van der Waals surface area contributed by atoms with E-state index < -0.39 is 0 Å². The highest BCUT2D eigenvalue weighted by Crippen LogP contribution is 2.37. The zero-order chi connectivity index (χ0) is 12.9. The lowest BCUT2D eigenvalue weighted by atomic mass is 9.71. The third kappa shape index (κ3) is 1.72. The average Bonchev–Trinajstić information content (AvgIpc) is 2.26. The Bertz CT molecular complexity index is 381. The molecule has 1 aliphatic carbocycles. The van der Waals surface area contributed by atoms with Crippen LogP contribution in [0.3, 0.4) is 0 Å². The number of rotatable bonds is 0. The second-order valence-corrected chi connectivity index (χ2v) is 5.44. The lowest BCUT2D eigenvalue weighted by Crippen LogP contribution is -2.54. The topological polar surface area (TPSA) is 92.3 Å². The van der Waals surface area contributed by atoms with Crippen molar-refractivity contribution in [2.75, 3.05) is 0 Å². The van der Waals surface area contributed by atoms with Crippen LogP contribution in [0.1, 0.15) is 25.7 Å². The van der Waals surface area contributed by atoms with Crippen LogP contribution in [0.5, 0.6) is 0 Å². The third-order valence-corrected chi connectivity index (χ3v) is 4.25. The van der Waals surface area contributed by atoms with Gasteiger partial charge >= 0.3 is 0 Å². The van der Waals surface area contributed by atoms with Crippen LogP contribution in [0, 0.1) is 23.7 Å². The van der Waals surface area contributed by atoms with Crippen LogP contribution in [0.4, 0.5) is 0 Å². The molecule has 2 saturated heterocycles. The Kier molecular flexibility index (Phi) is 2.46. The number of carbonyl (C=O) groups is 4. The van der Waals surface area contributed by atoms with E-state index >= 15 is 0 Å². The fourth-order valence-corrected chi connectivity index (χ4v) is 3.27. The summed E-state index contributed by atoms with van der Waals surface area (Å²) in [6, 6.07) is 0. The molecule has 4 bridgehead atoms. The minimum atomic E-state index is -0.280. The lowest BCUT2D eigenvalue weighted by Gasteiger charge is -2.37. The number of hydrogen-bond donors (Lipinski definition) is 2. The first-order chi connectivity index (χ1) is 8.54. The molecule has 2 aliphatic heterocycles. The van der Waals surface area contributed by atoms with Gasteiger partial charge in [-0.3, -0.25) is 29.8 Å². The van der Waals surface area contributed by atoms with E-state index in [2.05, 4.69) is 10.6 Å². The van der Waals surface area contributed by atoms with Crippen LogP contribution in [-0.4, -0.2) is 23.6 Å². The molecule has 3 aliphatic rings. The molecule has 0 spiro atoms. The summed E-state index contributed by atoms with van der Waals surface area (Å²) in [5.41, 5.74) is 0. The Labute approximate surface area is 103 Å². The quantitative estimate of drug-likeness (QED) is 0.558. The summed E-state index contributed by atoms with van der Waals surface area (Å²) in [7, 11) is 0. The van der Waals surface area contributed by atoms with Crippen molar-refractivity contribution < 1.29 is 19.2 Å². The number of carbonyl (C=O) groups excluding carboxylic acids is 4. The molecule has 1 saturated carbocycles. The average molecular weight is 250 g/mol. The van der Waals surface area contributed by atoms with E-state index in [4.69, 9.17) is 0 Å². The highest BCUT2D eigenvalue weighted by Gasteiger charge is 2.45. The Hall–Kier alpha value is -1.72. The van der Waals surface area contributed by atoms with Crippen molar-refractivity contribution in [3.05, 3.63) is 0 Å². The van der Waals surface area contributed by atoms with Crippen molar-refractivity contribution in [1.82, 2.24) is 10.6 Å². The minimum Gasteiger partial charge on any atom is -0.296 e. The molecule has 0 aromatic rings. The summed E-state index contributed by atoms with van der Waals surface area (Å²) < 4.78 is 0. The van der Waals surface area contributed by atoms with Gasteiger partial charge in [-0.2, -0.15) is 0 Å². The Morgan fingerprint density at radius 1 is 0.556 bits per heavy atom. The summed E-state index contributed by atoms with van der Waals surface area (Å²) >= 11 is 0. The molecule has 6 heteroatoms. The molecule has 0 aromatic heterocycles. The lowest BCUT2D eigenvalue weighted by molar-refractivity contribution is -0.146. The maximum Gasteiger partial charge on any atom is 0.229 e. The molecule has 3 fully saturated rings. The summed E-state index contributed by atoms with van der Waals surface area (Å²) in [4.78, 5) is 46.7. The second-order valence-electron chi connectivity index (χ2n) is 5.44. The smallest absolute Gasteiger partial charge is 0.229 e. The molecular formula is C12H14N2O4. The molecule has 3 rings (SSSR count). The monoisotopic (exact) mass is 250 g/mol. The van der Waals surface area contributed by atoms with Gasteiger partial charge < -0.3 is 0 Å². The molecule has 18 heavy (non-hydrogen) atoms. The van der Waals surface area contributed by atoms with Crippen molar-refractivity contribution in [3.63, 3.8) is 0 Å². The SMILES string of the molecule is O=C1NC(=O)C2CC1CC1CC(C2)C(=O)NC1=O. The van der Waals surface area contributed by atoms with Crippen molar-refractivity contribution in [3.8, 4) is 0 Å². The number of hydrogen-bond acceptors (Lipinski definition) is 4. The van der Waals surface area contributed by atoms with E-state index in [-0.39, 0.29) is 47.3 Å². The van der Waals surface area contributed by atoms with E-state index in [9.17, 15) is 19.2 Å². The molecular weight excluding hydrogens is 236 g/mol. The molecule has 0 unspecified atom stereocenters. The predicted octanol–water partition coefficient (Wildman–Crippen LogP) is -0.662. The largest absolute Gasteiger partial charge is 0.296 e. The molecule has 6 nitrogen and oxygen atoms in total. The first-order valence-electron chi connectivity index (χ1n) is 6.24. The highest BCUT2D eigenvalue weighted by molar-refractivity contribution is 6.03. The van der Waals surface area contributed by atoms with Gasteiger partial charge in [0.15, 0.2) is 0 Å². The van der Waals surface area contributed by atoms with E-state index in [1.807, 2.05) is 0 Å². The Morgan fingerprint density at radius 3 is 1.00 bits per heavy atom. The van der Waals surface area contributed by atoms with Gasteiger partial charge in [-0.25, -0.2) is 0 Å². The third-order valence-electron chi connectivity index (χ3n) is 4.25. The number of fused-ring (bicyclic) bond motifs is 4. The summed E-state index contributed by atoms with van der Waals surface area (Å²) in [5.74, 6) is -2.23. The van der Waals surface area contributed by atoms with Gasteiger partial charge in [0, 0.05) is 23.7 Å². The molecule has 2 N–H and O–H groups in total. The van der Waals surface area contributed by atoms with Crippen molar-refractivity contribution in [2.45, 2.75) is 25.7 Å². The number of nitrogens with one attached hydrogen (secondary N) is 2. The normalized spacial score (nSPS) is 39.6. The second kappa shape index (κ2) is 3.90. The molecule has 2 heterocycles. The summed E-state index contributed by atoms with van der Waals surface area (Å²) in [6.45, 7) is 0. The minimum absolute atomic E-state index is 0.278. The summed E-state index contributed by atoms with van der Waals surface area (Å²) in [5, 5.41) is 4.69. The van der Waals surface area contributed by atoms with Gasteiger partial charge in [-0.15, -0.1) is 0 Å². The van der Waals surface area contributed by atoms with Gasteiger partial charge in [0.25, 0.3) is 0 Å². The first-order valence-corrected chi connectivity index (χ1v) is 6.24. The fraction of sp³-hybridized carbons (Fsp3) is 0.667. The van der Waals surface area contributed by atoms with Crippen LogP contribution in [-0.2, 0) is 19.2 Å².